The molecule has 1 rings (SSSR count). The number of carbonyl (C=O) groups excluding carboxylic acids is 1. The molecule has 0 bridgehead atoms. The van der Waals surface area contributed by atoms with Gasteiger partial charge >= 0.3 is 5.97 Å². The number of nitrogens with one attached hydrogen (secondary N) is 1. The summed E-state index contributed by atoms with van der Waals surface area (Å²) in [4.78, 5) is 23.2. The van der Waals surface area contributed by atoms with E-state index < -0.39 is 11.8 Å². The highest BCUT2D eigenvalue weighted by Crippen LogP contribution is 2.08. The fourth-order valence-electron chi connectivity index (χ4n) is 1.49. The van der Waals surface area contributed by atoms with Crippen LogP contribution in [-0.4, -0.2) is 40.0 Å². The fourth-order valence-corrected chi connectivity index (χ4v) is 1.99. The number of carbonyl (C=O) groups is 2. The summed E-state index contributed by atoms with van der Waals surface area (Å²) >= 11 is 0. The molecule has 0 aliphatic heterocycles. The lowest BCUT2D eigenvalue weighted by atomic mass is 10.0. The largest absolute Gasteiger partial charge is 0.477 e. The van der Waals surface area contributed by atoms with Gasteiger partial charge in [-0.1, -0.05) is 30.3 Å². The molecule has 0 aliphatic carbocycles. The molecule has 0 spiro atoms. The number of aliphatic carboxylic acids is 1. The Bertz CT molecular complexity index is 473. The molecular weight excluding hydrogens is 262 g/mol. The molecule has 5 nitrogen and oxygen atoms in total. The summed E-state index contributed by atoms with van der Waals surface area (Å²) in [5, 5.41) is 11.9. The van der Waals surface area contributed by atoms with Gasteiger partial charge in [0.2, 0.25) is 5.78 Å². The molecule has 0 radical (unpaired) electrons. The minimum atomic E-state index is -1.25. The van der Waals surface area contributed by atoms with Crippen molar-refractivity contribution in [2.24, 2.45) is 0 Å². The van der Waals surface area contributed by atoms with E-state index in [0.29, 0.717) is 22.7 Å². The average molecular weight is 279 g/mol. The van der Waals surface area contributed by atoms with Gasteiger partial charge in [0.25, 0.3) is 0 Å². The topological polar surface area (TPSA) is 75.6 Å². The van der Waals surface area contributed by atoms with Crippen molar-refractivity contribution in [2.45, 2.75) is 13.0 Å². The van der Waals surface area contributed by atoms with Gasteiger partial charge < -0.3 is 14.8 Å². The van der Waals surface area contributed by atoms with E-state index in [1.54, 1.807) is 30.3 Å². The van der Waals surface area contributed by atoms with Crippen molar-refractivity contribution in [1.82, 2.24) is 5.32 Å². The smallest absolute Gasteiger partial charge is 0.341 e. The summed E-state index contributed by atoms with van der Waals surface area (Å²) in [6, 6.07) is 8.28. The Morgan fingerprint density at radius 3 is 2.58 bits per heavy atom. The van der Waals surface area contributed by atoms with Crippen LogP contribution >= 0.6 is 0 Å². The number of hydrogen-bond acceptors (Lipinski definition) is 4. The molecule has 0 amide bonds. The minimum absolute atomic E-state index is 0.0459. The van der Waals surface area contributed by atoms with Crippen LogP contribution < -0.4 is 5.32 Å². The van der Waals surface area contributed by atoms with Crippen molar-refractivity contribution in [3.63, 3.8) is 0 Å². The van der Waals surface area contributed by atoms with Crippen molar-refractivity contribution in [3.8, 4) is 0 Å². The van der Waals surface area contributed by atoms with Crippen LogP contribution in [-0.2, 0) is 9.22 Å². The van der Waals surface area contributed by atoms with Crippen molar-refractivity contribution in [3.05, 3.63) is 47.7 Å². The molecule has 1 aromatic rings. The maximum absolute atomic E-state index is 12.0. The first kappa shape index (κ1) is 15.1. The molecule has 2 N–H and O–H groups in total. The molecule has 0 aliphatic rings. The number of rotatable bonds is 7. The Hall–Kier alpha value is -1.92. The van der Waals surface area contributed by atoms with E-state index in [1.807, 2.05) is 6.92 Å². The highest BCUT2D eigenvalue weighted by molar-refractivity contribution is 6.23. The number of carboxylic acid groups (broad SMARTS) is 1. The number of ketones is 1. The Morgan fingerprint density at radius 1 is 1.42 bits per heavy atom. The number of carboxylic acids is 1. The molecule has 1 atom stereocenters. The van der Waals surface area contributed by atoms with E-state index in [0.717, 1.165) is 0 Å². The molecule has 0 heterocycles. The molecule has 0 aromatic heterocycles. The molecule has 0 unspecified atom stereocenters. The van der Waals surface area contributed by atoms with Gasteiger partial charge in [-0.3, -0.25) is 4.79 Å². The Labute approximate surface area is 114 Å². The number of Topliss-reactive ketones (excluding diaryl/α,β-unsaturated/α-hetero) is 1. The first-order chi connectivity index (χ1) is 9.06. The van der Waals surface area contributed by atoms with E-state index in [1.165, 1.54) is 6.20 Å². The van der Waals surface area contributed by atoms with E-state index in [9.17, 15) is 9.59 Å². The van der Waals surface area contributed by atoms with Gasteiger partial charge in [-0.05, 0) is 6.92 Å². The zero-order chi connectivity index (χ0) is 14.3. The minimum Gasteiger partial charge on any atom is -0.477 e. The van der Waals surface area contributed by atoms with Crippen molar-refractivity contribution in [2.75, 3.05) is 6.61 Å². The van der Waals surface area contributed by atoms with E-state index >= 15 is 0 Å². The van der Waals surface area contributed by atoms with Gasteiger partial charge in [-0.25, -0.2) is 4.79 Å². The van der Waals surface area contributed by atoms with Crippen molar-refractivity contribution >= 4 is 22.2 Å². The van der Waals surface area contributed by atoms with Gasteiger partial charge in [-0.2, -0.15) is 0 Å². The van der Waals surface area contributed by atoms with Gasteiger partial charge in [0, 0.05) is 17.8 Å². The molecule has 6 heteroatoms. The first-order valence-corrected chi connectivity index (χ1v) is 6.66. The van der Waals surface area contributed by atoms with Crippen LogP contribution in [0.1, 0.15) is 17.3 Å². The van der Waals surface area contributed by atoms with Crippen LogP contribution in [0.5, 0.6) is 0 Å². The van der Waals surface area contributed by atoms with E-state index in [4.69, 9.17) is 9.53 Å². The average Bonchev–Trinajstić information content (AvgIpc) is 2.39. The summed E-state index contributed by atoms with van der Waals surface area (Å²) in [5.74, 6) is -1.76. The lowest BCUT2D eigenvalue weighted by Gasteiger charge is -2.11. The van der Waals surface area contributed by atoms with Crippen LogP contribution in [0.2, 0.25) is 0 Å². The lowest BCUT2D eigenvalue weighted by Crippen LogP contribution is -2.28. The quantitative estimate of drug-likeness (QED) is 0.244. The summed E-state index contributed by atoms with van der Waals surface area (Å²) in [7, 11) is 0.620. The summed E-state index contributed by atoms with van der Waals surface area (Å²) in [5.41, 5.74) is 0.0659. The van der Waals surface area contributed by atoms with E-state index in [2.05, 4.69) is 5.32 Å². The summed E-state index contributed by atoms with van der Waals surface area (Å²) in [6.45, 7) is 2.33. The van der Waals surface area contributed by atoms with Gasteiger partial charge in [0.15, 0.2) is 0 Å². The molecule has 19 heavy (non-hydrogen) atoms. The zero-order valence-electron chi connectivity index (χ0n) is 10.9. The number of benzene rings is 1. The molecule has 0 saturated heterocycles. The van der Waals surface area contributed by atoms with Crippen LogP contribution in [0.15, 0.2) is 42.1 Å². The second kappa shape index (κ2) is 7.50. The molecule has 1 aromatic carbocycles. The summed E-state index contributed by atoms with van der Waals surface area (Å²) < 4.78 is 5.06. The van der Waals surface area contributed by atoms with Crippen LogP contribution in [0.25, 0.3) is 0 Å². The Kier molecular flexibility index (Phi) is 5.97. The monoisotopic (exact) mass is 279 g/mol. The maximum Gasteiger partial charge on any atom is 0.341 e. The van der Waals surface area contributed by atoms with Gasteiger partial charge in [-0.15, -0.1) is 0 Å². The molecular formula is C13H17NO4Si. The molecule has 0 saturated carbocycles. The normalized spacial score (nSPS) is 13.0. The first-order valence-electron chi connectivity index (χ1n) is 5.84. The number of hydrogen-bond donors (Lipinski definition) is 2. The van der Waals surface area contributed by atoms with Crippen LogP contribution in [0.4, 0.5) is 0 Å². The summed E-state index contributed by atoms with van der Waals surface area (Å²) in [6.07, 6.45) is 1.24. The van der Waals surface area contributed by atoms with Crippen molar-refractivity contribution in [1.29, 1.82) is 0 Å². The van der Waals surface area contributed by atoms with Crippen molar-refractivity contribution < 1.29 is 19.1 Å². The van der Waals surface area contributed by atoms with Gasteiger partial charge in [0.05, 0.1) is 6.61 Å². The predicted molar refractivity (Wildman–Crippen MR) is 75.0 cm³/mol. The SMILES string of the molecule is C[C@@H](CO[SiH3])NC=C(C(=O)O)C(=O)c1ccccc1. The molecule has 0 fully saturated rings. The predicted octanol–water partition coefficient (Wildman–Crippen LogP) is 0.113. The second-order valence-corrected chi connectivity index (χ2v) is 4.66. The van der Waals surface area contributed by atoms with Crippen LogP contribution in [0, 0.1) is 0 Å². The van der Waals surface area contributed by atoms with Crippen LogP contribution in [0.3, 0.4) is 0 Å². The highest BCUT2D eigenvalue weighted by Gasteiger charge is 2.19. The third-order valence-corrected chi connectivity index (χ3v) is 2.77. The zero-order valence-corrected chi connectivity index (χ0v) is 12.9. The third kappa shape index (κ3) is 4.68. The van der Waals surface area contributed by atoms with E-state index in [-0.39, 0.29) is 11.6 Å². The fraction of sp³-hybridized carbons (Fsp3) is 0.231. The highest BCUT2D eigenvalue weighted by atomic mass is 28.2. The Balaban J connectivity index is 2.86. The second-order valence-electron chi connectivity index (χ2n) is 4.08. The molecule has 102 valence electrons. The lowest BCUT2D eigenvalue weighted by molar-refractivity contribution is -0.132. The Morgan fingerprint density at radius 2 is 2.05 bits per heavy atom. The van der Waals surface area contributed by atoms with Gasteiger partial charge in [0.1, 0.15) is 16.1 Å². The standard InChI is InChI=1S/C13H17NO4Si/c1-9(8-18-19)14-7-11(13(16)17)12(15)10-5-3-2-4-6-10/h2-7,9,14H,8H2,1,19H3,(H,16,17)/t9-/m0/s1. The third-order valence-electron chi connectivity index (χ3n) is 2.44. The maximum atomic E-state index is 12.0.